The highest BCUT2D eigenvalue weighted by atomic mass is 79.9. The van der Waals surface area contributed by atoms with Crippen LogP contribution in [0.25, 0.3) is 0 Å². The van der Waals surface area contributed by atoms with Crippen LogP contribution in [0.5, 0.6) is 5.75 Å². The smallest absolute Gasteiger partial charge is 0.138 e. The molecule has 0 N–H and O–H groups in total. The number of likely N-dealkylation sites (N-methyl/N-ethyl adjacent to an activating group) is 1. The Morgan fingerprint density at radius 3 is 2.85 bits per heavy atom. The molecule has 0 bridgehead atoms. The minimum Gasteiger partial charge on any atom is -0.491 e. The van der Waals surface area contributed by atoms with E-state index in [9.17, 15) is 0 Å². The summed E-state index contributed by atoms with van der Waals surface area (Å²) in [5, 5.41) is 0. The highest BCUT2D eigenvalue weighted by Gasteiger charge is 1.95. The lowest BCUT2D eigenvalue weighted by Gasteiger charge is -2.10. The Labute approximate surface area is 86.9 Å². The molecule has 1 aromatic heterocycles. The van der Waals surface area contributed by atoms with Gasteiger partial charge in [-0.2, -0.15) is 0 Å². The van der Waals surface area contributed by atoms with Crippen LogP contribution in [-0.4, -0.2) is 37.1 Å². The molecule has 0 saturated heterocycles. The van der Waals surface area contributed by atoms with Gasteiger partial charge in [-0.05, 0) is 36.1 Å². The molecule has 0 radical (unpaired) electrons. The number of ether oxygens (including phenoxy) is 1. The van der Waals surface area contributed by atoms with E-state index in [1.807, 2.05) is 20.2 Å². The first-order chi connectivity index (χ1) is 6.18. The number of pyridine rings is 1. The molecule has 0 aliphatic heterocycles. The van der Waals surface area contributed by atoms with Gasteiger partial charge in [0, 0.05) is 17.2 Å². The van der Waals surface area contributed by atoms with Crippen LogP contribution in [0.4, 0.5) is 0 Å². The molecular formula is C9H13BrN2O. The van der Waals surface area contributed by atoms with Crippen LogP contribution in [0.2, 0.25) is 0 Å². The van der Waals surface area contributed by atoms with Crippen molar-refractivity contribution in [1.82, 2.24) is 9.88 Å². The van der Waals surface area contributed by atoms with Gasteiger partial charge in [0.25, 0.3) is 0 Å². The van der Waals surface area contributed by atoms with E-state index >= 15 is 0 Å². The van der Waals surface area contributed by atoms with Crippen LogP contribution in [0.15, 0.2) is 22.9 Å². The average molecular weight is 245 g/mol. The standard InChI is InChI=1S/C9H13BrN2O/c1-12(2)3-4-13-9-5-8(10)6-11-7-9/h5-7H,3-4H2,1-2H3. The summed E-state index contributed by atoms with van der Waals surface area (Å²) in [5.41, 5.74) is 0. The largest absolute Gasteiger partial charge is 0.491 e. The molecule has 0 atom stereocenters. The summed E-state index contributed by atoms with van der Waals surface area (Å²) < 4.78 is 6.40. The zero-order chi connectivity index (χ0) is 9.68. The summed E-state index contributed by atoms with van der Waals surface area (Å²) in [5.74, 6) is 0.802. The molecule has 0 unspecified atom stereocenters. The molecule has 13 heavy (non-hydrogen) atoms. The quantitative estimate of drug-likeness (QED) is 0.808. The van der Waals surface area contributed by atoms with Gasteiger partial charge in [0.15, 0.2) is 0 Å². The van der Waals surface area contributed by atoms with E-state index in [-0.39, 0.29) is 0 Å². The summed E-state index contributed by atoms with van der Waals surface area (Å²) in [4.78, 5) is 6.07. The maximum atomic E-state index is 5.46. The minimum absolute atomic E-state index is 0.686. The molecule has 3 nitrogen and oxygen atoms in total. The van der Waals surface area contributed by atoms with Gasteiger partial charge in [-0.15, -0.1) is 0 Å². The highest BCUT2D eigenvalue weighted by Crippen LogP contribution is 2.15. The topological polar surface area (TPSA) is 25.4 Å². The number of hydrogen-bond acceptors (Lipinski definition) is 3. The van der Waals surface area contributed by atoms with Crippen molar-refractivity contribution in [1.29, 1.82) is 0 Å². The molecule has 0 aliphatic carbocycles. The van der Waals surface area contributed by atoms with Crippen molar-refractivity contribution in [2.45, 2.75) is 0 Å². The van der Waals surface area contributed by atoms with Crippen LogP contribution in [-0.2, 0) is 0 Å². The Balaban J connectivity index is 2.37. The maximum absolute atomic E-state index is 5.46. The third-order valence-electron chi connectivity index (χ3n) is 1.49. The number of hydrogen-bond donors (Lipinski definition) is 0. The molecule has 1 aromatic rings. The molecule has 4 heteroatoms. The molecule has 0 amide bonds. The Morgan fingerprint density at radius 1 is 1.46 bits per heavy atom. The fourth-order valence-corrected chi connectivity index (χ4v) is 1.16. The molecule has 0 fully saturated rings. The van der Waals surface area contributed by atoms with Crippen LogP contribution >= 0.6 is 15.9 Å². The average Bonchev–Trinajstić information content (AvgIpc) is 2.03. The van der Waals surface area contributed by atoms with Crippen molar-refractivity contribution in [3.63, 3.8) is 0 Å². The van der Waals surface area contributed by atoms with E-state index in [0.717, 1.165) is 16.8 Å². The number of nitrogens with zero attached hydrogens (tertiary/aromatic N) is 2. The summed E-state index contributed by atoms with van der Waals surface area (Å²) in [6.45, 7) is 1.59. The highest BCUT2D eigenvalue weighted by molar-refractivity contribution is 9.10. The monoisotopic (exact) mass is 244 g/mol. The van der Waals surface area contributed by atoms with Crippen LogP contribution in [0.1, 0.15) is 0 Å². The Bertz CT molecular complexity index is 266. The molecule has 1 heterocycles. The van der Waals surface area contributed by atoms with Gasteiger partial charge in [-0.25, -0.2) is 0 Å². The lowest BCUT2D eigenvalue weighted by Crippen LogP contribution is -2.19. The fourth-order valence-electron chi connectivity index (χ4n) is 0.817. The zero-order valence-electron chi connectivity index (χ0n) is 7.83. The van der Waals surface area contributed by atoms with Crippen molar-refractivity contribution in [2.75, 3.05) is 27.2 Å². The van der Waals surface area contributed by atoms with Crippen LogP contribution < -0.4 is 4.74 Å². The third kappa shape index (κ3) is 4.24. The summed E-state index contributed by atoms with van der Waals surface area (Å²) in [7, 11) is 4.03. The van der Waals surface area contributed by atoms with Crippen molar-refractivity contribution < 1.29 is 4.74 Å². The zero-order valence-corrected chi connectivity index (χ0v) is 9.41. The number of aromatic nitrogens is 1. The predicted molar refractivity (Wildman–Crippen MR) is 56.0 cm³/mol. The minimum atomic E-state index is 0.686. The first-order valence-corrected chi connectivity index (χ1v) is 4.86. The number of halogens is 1. The van der Waals surface area contributed by atoms with Crippen molar-refractivity contribution >= 4 is 15.9 Å². The van der Waals surface area contributed by atoms with Gasteiger partial charge in [0.2, 0.25) is 0 Å². The Morgan fingerprint density at radius 2 is 2.23 bits per heavy atom. The lowest BCUT2D eigenvalue weighted by atomic mass is 10.5. The van der Waals surface area contributed by atoms with Crippen molar-refractivity contribution in [3.8, 4) is 5.75 Å². The van der Waals surface area contributed by atoms with E-state index in [1.165, 1.54) is 0 Å². The molecule has 0 aliphatic rings. The summed E-state index contributed by atoms with van der Waals surface area (Å²) in [6.07, 6.45) is 3.44. The van der Waals surface area contributed by atoms with Gasteiger partial charge in [0.05, 0.1) is 6.20 Å². The normalized spacial score (nSPS) is 10.5. The molecule has 0 spiro atoms. The van der Waals surface area contributed by atoms with Gasteiger partial charge in [-0.3, -0.25) is 4.98 Å². The van der Waals surface area contributed by atoms with Crippen LogP contribution in [0.3, 0.4) is 0 Å². The van der Waals surface area contributed by atoms with E-state index in [0.29, 0.717) is 6.61 Å². The van der Waals surface area contributed by atoms with Crippen molar-refractivity contribution in [2.24, 2.45) is 0 Å². The third-order valence-corrected chi connectivity index (χ3v) is 1.92. The first kappa shape index (κ1) is 10.5. The summed E-state index contributed by atoms with van der Waals surface area (Å²) >= 11 is 3.33. The van der Waals surface area contributed by atoms with Gasteiger partial charge >= 0.3 is 0 Å². The van der Waals surface area contributed by atoms with Gasteiger partial charge < -0.3 is 9.64 Å². The number of rotatable bonds is 4. The molecule has 72 valence electrons. The molecule has 0 aromatic carbocycles. The fraction of sp³-hybridized carbons (Fsp3) is 0.444. The maximum Gasteiger partial charge on any atom is 0.138 e. The second-order valence-electron chi connectivity index (χ2n) is 2.99. The summed E-state index contributed by atoms with van der Waals surface area (Å²) in [6, 6.07) is 1.91. The van der Waals surface area contributed by atoms with E-state index in [1.54, 1.807) is 12.4 Å². The molecule has 0 saturated carbocycles. The second-order valence-corrected chi connectivity index (χ2v) is 3.91. The molecular weight excluding hydrogens is 232 g/mol. The predicted octanol–water partition coefficient (Wildman–Crippen LogP) is 1.78. The Kier molecular flexibility index (Phi) is 4.18. The second kappa shape index (κ2) is 5.19. The lowest BCUT2D eigenvalue weighted by molar-refractivity contribution is 0.260. The Hall–Kier alpha value is -0.610. The van der Waals surface area contributed by atoms with Crippen LogP contribution in [0, 0.1) is 0 Å². The van der Waals surface area contributed by atoms with E-state index in [4.69, 9.17) is 4.74 Å². The van der Waals surface area contributed by atoms with Gasteiger partial charge in [-0.1, -0.05) is 0 Å². The van der Waals surface area contributed by atoms with Gasteiger partial charge in [0.1, 0.15) is 12.4 Å². The SMILES string of the molecule is CN(C)CCOc1cncc(Br)c1. The van der Waals surface area contributed by atoms with E-state index in [2.05, 4.69) is 25.8 Å². The van der Waals surface area contributed by atoms with Crippen molar-refractivity contribution in [3.05, 3.63) is 22.9 Å². The first-order valence-electron chi connectivity index (χ1n) is 4.06. The van der Waals surface area contributed by atoms with E-state index < -0.39 is 0 Å². The molecule has 1 rings (SSSR count).